The lowest BCUT2D eigenvalue weighted by Gasteiger charge is -2.08. The fraction of sp³-hybridized carbons (Fsp3) is 0.0769. The molecule has 0 amide bonds. The summed E-state index contributed by atoms with van der Waals surface area (Å²) in [6.07, 6.45) is 1.03. The molecule has 108 valence electrons. The molecule has 0 saturated heterocycles. The van der Waals surface area contributed by atoms with Crippen molar-refractivity contribution >= 4 is 23.3 Å². The van der Waals surface area contributed by atoms with E-state index in [1.54, 1.807) is 6.92 Å². The number of rotatable bonds is 4. The number of carboxylic acids is 1. The number of hydrogen-bond donors (Lipinski definition) is 1. The fourth-order valence-electron chi connectivity index (χ4n) is 1.64. The van der Waals surface area contributed by atoms with Crippen molar-refractivity contribution in [3.63, 3.8) is 0 Å². The van der Waals surface area contributed by atoms with E-state index < -0.39 is 10.9 Å². The first-order chi connectivity index (χ1) is 9.88. The SMILES string of the molecule is Cc1cc(Oc2ncc([N+](=O)[O-])cc2Cl)ccc1C(=O)O. The van der Waals surface area contributed by atoms with Gasteiger partial charge in [-0.2, -0.15) is 0 Å². The molecule has 21 heavy (non-hydrogen) atoms. The second kappa shape index (κ2) is 5.76. The van der Waals surface area contributed by atoms with Crippen LogP contribution in [0.5, 0.6) is 11.6 Å². The average molecular weight is 309 g/mol. The molecule has 1 aromatic heterocycles. The van der Waals surface area contributed by atoms with E-state index in [1.807, 2.05) is 0 Å². The van der Waals surface area contributed by atoms with E-state index in [1.165, 1.54) is 18.2 Å². The van der Waals surface area contributed by atoms with Crippen LogP contribution < -0.4 is 4.74 Å². The molecule has 0 atom stereocenters. The van der Waals surface area contributed by atoms with Crippen molar-refractivity contribution in [1.82, 2.24) is 4.98 Å². The Hall–Kier alpha value is -2.67. The Labute approximate surface area is 123 Å². The number of pyridine rings is 1. The van der Waals surface area contributed by atoms with E-state index in [0.29, 0.717) is 11.3 Å². The molecule has 0 saturated carbocycles. The summed E-state index contributed by atoms with van der Waals surface area (Å²) in [5.41, 5.74) is 0.424. The van der Waals surface area contributed by atoms with Crippen LogP contribution in [-0.4, -0.2) is 21.0 Å². The molecule has 0 aliphatic heterocycles. The number of aromatic carboxylic acids is 1. The maximum atomic E-state index is 10.9. The lowest BCUT2D eigenvalue weighted by molar-refractivity contribution is -0.385. The predicted molar refractivity (Wildman–Crippen MR) is 74.1 cm³/mol. The third kappa shape index (κ3) is 3.26. The number of hydrogen-bond acceptors (Lipinski definition) is 5. The summed E-state index contributed by atoms with van der Waals surface area (Å²) in [6, 6.07) is 5.49. The highest BCUT2D eigenvalue weighted by Crippen LogP contribution is 2.30. The maximum absolute atomic E-state index is 10.9. The van der Waals surface area contributed by atoms with Gasteiger partial charge in [0.2, 0.25) is 5.88 Å². The van der Waals surface area contributed by atoms with Gasteiger partial charge in [0.25, 0.3) is 5.69 Å². The highest BCUT2D eigenvalue weighted by Gasteiger charge is 2.13. The molecule has 8 heteroatoms. The molecule has 7 nitrogen and oxygen atoms in total. The smallest absolute Gasteiger partial charge is 0.335 e. The van der Waals surface area contributed by atoms with Gasteiger partial charge in [-0.3, -0.25) is 10.1 Å². The minimum atomic E-state index is -1.04. The van der Waals surface area contributed by atoms with Gasteiger partial charge in [0.15, 0.2) is 0 Å². The van der Waals surface area contributed by atoms with E-state index in [2.05, 4.69) is 4.98 Å². The molecule has 0 fully saturated rings. The zero-order valence-electron chi connectivity index (χ0n) is 10.7. The highest BCUT2D eigenvalue weighted by molar-refractivity contribution is 6.32. The molecule has 2 rings (SSSR count). The monoisotopic (exact) mass is 308 g/mol. The van der Waals surface area contributed by atoms with Crippen LogP contribution in [0.1, 0.15) is 15.9 Å². The largest absolute Gasteiger partial charge is 0.478 e. The van der Waals surface area contributed by atoms with Crippen molar-refractivity contribution in [3.05, 3.63) is 56.7 Å². The summed E-state index contributed by atoms with van der Waals surface area (Å²) in [4.78, 5) is 24.6. The molecule has 1 aromatic carbocycles. The van der Waals surface area contributed by atoms with Crippen molar-refractivity contribution < 1.29 is 19.6 Å². The summed E-state index contributed by atoms with van der Waals surface area (Å²) in [5.74, 6) is -0.698. The van der Waals surface area contributed by atoms with Crippen molar-refractivity contribution in [2.45, 2.75) is 6.92 Å². The van der Waals surface area contributed by atoms with Crippen LogP contribution in [0.15, 0.2) is 30.5 Å². The van der Waals surface area contributed by atoms with Crippen LogP contribution in [0.3, 0.4) is 0 Å². The Morgan fingerprint density at radius 3 is 2.67 bits per heavy atom. The van der Waals surface area contributed by atoms with Crippen molar-refractivity contribution in [2.24, 2.45) is 0 Å². The maximum Gasteiger partial charge on any atom is 0.335 e. The number of carboxylic acid groups (broad SMARTS) is 1. The van der Waals surface area contributed by atoms with Gasteiger partial charge in [-0.25, -0.2) is 9.78 Å². The average Bonchev–Trinajstić information content (AvgIpc) is 2.40. The van der Waals surface area contributed by atoms with E-state index >= 15 is 0 Å². The van der Waals surface area contributed by atoms with Gasteiger partial charge in [-0.15, -0.1) is 0 Å². The van der Waals surface area contributed by atoms with E-state index in [4.69, 9.17) is 21.4 Å². The quantitative estimate of drug-likeness (QED) is 0.685. The molecule has 0 bridgehead atoms. The minimum Gasteiger partial charge on any atom is -0.478 e. The zero-order valence-corrected chi connectivity index (χ0v) is 11.5. The topological polar surface area (TPSA) is 103 Å². The number of benzene rings is 1. The van der Waals surface area contributed by atoms with Gasteiger partial charge in [-0.1, -0.05) is 11.6 Å². The number of ether oxygens (including phenoxy) is 1. The first kappa shape index (κ1) is 14.7. The molecule has 0 radical (unpaired) electrons. The summed E-state index contributed by atoms with van der Waals surface area (Å²) < 4.78 is 5.40. The van der Waals surface area contributed by atoms with Gasteiger partial charge in [0, 0.05) is 6.07 Å². The molecule has 2 aromatic rings. The number of carbonyl (C=O) groups is 1. The van der Waals surface area contributed by atoms with Crippen LogP contribution in [0.2, 0.25) is 5.02 Å². The Bertz CT molecular complexity index is 732. The van der Waals surface area contributed by atoms with E-state index in [9.17, 15) is 14.9 Å². The van der Waals surface area contributed by atoms with Crippen LogP contribution in [0.25, 0.3) is 0 Å². The van der Waals surface area contributed by atoms with Gasteiger partial charge >= 0.3 is 5.97 Å². The molecule has 0 unspecified atom stereocenters. The summed E-state index contributed by atoms with van der Waals surface area (Å²) in [7, 11) is 0. The number of nitrogens with zero attached hydrogens (tertiary/aromatic N) is 2. The number of nitro groups is 1. The Kier molecular flexibility index (Phi) is 4.04. The zero-order chi connectivity index (χ0) is 15.6. The van der Waals surface area contributed by atoms with E-state index in [-0.39, 0.29) is 22.2 Å². The lowest BCUT2D eigenvalue weighted by atomic mass is 10.1. The first-order valence-corrected chi connectivity index (χ1v) is 6.08. The molecule has 0 aliphatic carbocycles. The van der Waals surface area contributed by atoms with Crippen molar-refractivity contribution in [3.8, 4) is 11.6 Å². The van der Waals surface area contributed by atoms with Crippen LogP contribution >= 0.6 is 11.6 Å². The molecular weight excluding hydrogens is 300 g/mol. The number of aryl methyl sites for hydroxylation is 1. The normalized spacial score (nSPS) is 10.2. The fourth-order valence-corrected chi connectivity index (χ4v) is 1.84. The van der Waals surface area contributed by atoms with Crippen molar-refractivity contribution in [2.75, 3.05) is 0 Å². The second-order valence-corrected chi connectivity index (χ2v) is 4.53. The molecule has 1 heterocycles. The summed E-state index contributed by atoms with van der Waals surface area (Å²) in [5, 5.41) is 19.5. The van der Waals surface area contributed by atoms with E-state index in [0.717, 1.165) is 12.3 Å². The van der Waals surface area contributed by atoms with Crippen LogP contribution in [0, 0.1) is 17.0 Å². The Balaban J connectivity index is 2.28. The van der Waals surface area contributed by atoms with Gasteiger partial charge < -0.3 is 9.84 Å². The van der Waals surface area contributed by atoms with Crippen LogP contribution in [-0.2, 0) is 0 Å². The Morgan fingerprint density at radius 2 is 2.14 bits per heavy atom. The Morgan fingerprint density at radius 1 is 1.43 bits per heavy atom. The van der Waals surface area contributed by atoms with Gasteiger partial charge in [0.1, 0.15) is 17.0 Å². The van der Waals surface area contributed by atoms with Crippen LogP contribution in [0.4, 0.5) is 5.69 Å². The summed E-state index contributed by atoms with van der Waals surface area (Å²) in [6.45, 7) is 1.63. The molecule has 0 spiro atoms. The molecule has 0 aliphatic rings. The van der Waals surface area contributed by atoms with Gasteiger partial charge in [0.05, 0.1) is 10.5 Å². The molecule has 1 N–H and O–H groups in total. The molecular formula is C13H9ClN2O5. The van der Waals surface area contributed by atoms with Gasteiger partial charge in [-0.05, 0) is 30.7 Å². The summed E-state index contributed by atoms with van der Waals surface area (Å²) >= 11 is 5.86. The first-order valence-electron chi connectivity index (χ1n) is 5.70. The third-order valence-electron chi connectivity index (χ3n) is 2.65. The number of halogens is 1. The lowest BCUT2D eigenvalue weighted by Crippen LogP contribution is -2.00. The van der Waals surface area contributed by atoms with Crippen molar-refractivity contribution in [1.29, 1.82) is 0 Å². The minimum absolute atomic E-state index is 0.00439. The second-order valence-electron chi connectivity index (χ2n) is 4.12. The third-order valence-corrected chi connectivity index (χ3v) is 2.92. The number of aromatic nitrogens is 1. The standard InChI is InChI=1S/C13H9ClN2O5/c1-7-4-9(2-3-10(7)13(17)18)21-12-11(14)5-8(6-15-12)16(19)20/h2-6H,1H3,(H,17,18). The predicted octanol–water partition coefficient (Wildman–Crippen LogP) is 3.44. The highest BCUT2D eigenvalue weighted by atomic mass is 35.5.